The van der Waals surface area contributed by atoms with Gasteiger partial charge in [0.15, 0.2) is 0 Å². The highest BCUT2D eigenvalue weighted by atomic mass is 35.5. The average Bonchev–Trinajstić information content (AvgIpc) is 3.03. The number of halogens is 9. The Morgan fingerprint density at radius 3 is 2.21 bits per heavy atom. The number of nitrogens with zero attached hydrogens (tertiary/aromatic N) is 1. The Balaban J connectivity index is 1.95. The van der Waals surface area contributed by atoms with Crippen LogP contribution >= 0.6 is 34.8 Å². The summed E-state index contributed by atoms with van der Waals surface area (Å²) in [4.78, 5) is 16.9. The van der Waals surface area contributed by atoms with Crippen molar-refractivity contribution in [3.63, 3.8) is 0 Å². The number of amides is 1. The molecule has 2 aromatic rings. The predicted molar refractivity (Wildman–Crippen MR) is 111 cm³/mol. The van der Waals surface area contributed by atoms with Gasteiger partial charge in [0.1, 0.15) is 17.6 Å². The molecule has 33 heavy (non-hydrogen) atoms. The maximum atomic E-state index is 14.2. The van der Waals surface area contributed by atoms with E-state index in [9.17, 15) is 31.1 Å². The van der Waals surface area contributed by atoms with Gasteiger partial charge in [0, 0.05) is 26.7 Å². The van der Waals surface area contributed by atoms with E-state index >= 15 is 0 Å². The lowest BCUT2D eigenvalue weighted by molar-refractivity contribution is -0.274. The number of alkyl halides is 7. The van der Waals surface area contributed by atoms with Crippen LogP contribution in [0, 0.1) is 6.92 Å². The SMILES string of the molecule is Cc1cc(C2=NOC(c3cc(Cl)cc(Cl)c3)(C(F)(F)F)C2Cl)ccc1C(=O)NCC(F)(F)F. The topological polar surface area (TPSA) is 50.7 Å². The fraction of sp³-hybridized carbons (Fsp3) is 0.300. The van der Waals surface area contributed by atoms with E-state index in [4.69, 9.17) is 39.6 Å². The largest absolute Gasteiger partial charge is 0.437 e. The number of hydrogen-bond donors (Lipinski definition) is 1. The van der Waals surface area contributed by atoms with Crippen molar-refractivity contribution < 1.29 is 36.0 Å². The quantitative estimate of drug-likeness (QED) is 0.366. The van der Waals surface area contributed by atoms with Crippen molar-refractivity contribution in [2.45, 2.75) is 30.3 Å². The van der Waals surface area contributed by atoms with Crippen molar-refractivity contribution in [2.75, 3.05) is 6.54 Å². The lowest BCUT2D eigenvalue weighted by Crippen LogP contribution is -2.50. The summed E-state index contributed by atoms with van der Waals surface area (Å²) < 4.78 is 79.7. The van der Waals surface area contributed by atoms with E-state index in [0.29, 0.717) is 0 Å². The molecule has 1 heterocycles. The highest BCUT2D eigenvalue weighted by Crippen LogP contribution is 2.51. The Morgan fingerprint density at radius 2 is 1.70 bits per heavy atom. The maximum absolute atomic E-state index is 14.2. The van der Waals surface area contributed by atoms with Crippen molar-refractivity contribution in [3.05, 3.63) is 68.7 Å². The smallest absolute Gasteiger partial charge is 0.372 e. The van der Waals surface area contributed by atoms with E-state index in [0.717, 1.165) is 18.2 Å². The molecule has 0 bridgehead atoms. The van der Waals surface area contributed by atoms with Gasteiger partial charge in [-0.05, 0) is 42.8 Å². The molecule has 0 aliphatic carbocycles. The minimum atomic E-state index is -5.04. The molecule has 0 aromatic heterocycles. The van der Waals surface area contributed by atoms with Gasteiger partial charge in [-0.15, -0.1) is 11.6 Å². The van der Waals surface area contributed by atoms with Gasteiger partial charge in [0.2, 0.25) is 0 Å². The second-order valence-electron chi connectivity index (χ2n) is 7.15. The zero-order valence-electron chi connectivity index (χ0n) is 16.4. The molecule has 13 heteroatoms. The fourth-order valence-electron chi connectivity index (χ4n) is 3.29. The van der Waals surface area contributed by atoms with Crippen molar-refractivity contribution in [3.8, 4) is 0 Å². The molecule has 0 saturated heterocycles. The molecule has 1 amide bonds. The van der Waals surface area contributed by atoms with E-state index in [-0.39, 0.29) is 32.4 Å². The summed E-state index contributed by atoms with van der Waals surface area (Å²) in [5, 5.41) is 3.25. The summed E-state index contributed by atoms with van der Waals surface area (Å²) in [6, 6.07) is 6.90. The number of nitrogens with one attached hydrogen (secondary N) is 1. The standard InChI is InChI=1S/C20H13Cl3F6N2O2/c1-9-4-10(2-3-14(9)17(32)30-8-18(24,25)26)15-16(23)19(33-31-15,20(27,28)29)11-5-12(21)7-13(22)6-11/h2-7,16H,8H2,1H3,(H,30,32). The first-order chi connectivity index (χ1) is 15.2. The summed E-state index contributed by atoms with van der Waals surface area (Å²) in [5.74, 6) is -0.999. The monoisotopic (exact) mass is 532 g/mol. The summed E-state index contributed by atoms with van der Waals surface area (Å²) in [7, 11) is 0. The first-order valence-electron chi connectivity index (χ1n) is 9.05. The van der Waals surface area contributed by atoms with Gasteiger partial charge in [-0.3, -0.25) is 4.79 Å². The van der Waals surface area contributed by atoms with Gasteiger partial charge in [-0.25, -0.2) is 0 Å². The van der Waals surface area contributed by atoms with Crippen LogP contribution in [0.5, 0.6) is 0 Å². The number of carbonyl (C=O) groups excluding carboxylic acids is 1. The zero-order valence-corrected chi connectivity index (χ0v) is 18.7. The summed E-state index contributed by atoms with van der Waals surface area (Å²) >= 11 is 18.0. The minimum Gasteiger partial charge on any atom is -0.372 e. The van der Waals surface area contributed by atoms with Crippen LogP contribution in [0.3, 0.4) is 0 Å². The molecule has 3 rings (SSSR count). The van der Waals surface area contributed by atoms with Crippen LogP contribution in [0.15, 0.2) is 41.6 Å². The van der Waals surface area contributed by atoms with E-state index in [1.165, 1.54) is 25.1 Å². The van der Waals surface area contributed by atoms with E-state index in [2.05, 4.69) is 5.16 Å². The molecule has 2 unspecified atom stereocenters. The third kappa shape index (κ3) is 5.02. The second-order valence-corrected chi connectivity index (χ2v) is 8.46. The number of aryl methyl sites for hydroxylation is 1. The molecular formula is C20H13Cl3F6N2O2. The van der Waals surface area contributed by atoms with Crippen molar-refractivity contribution in [1.82, 2.24) is 5.32 Å². The third-order valence-corrected chi connectivity index (χ3v) is 5.76. The molecule has 1 aliphatic heterocycles. The minimum absolute atomic E-state index is 0.0768. The second kappa shape index (κ2) is 8.88. The Labute approximate surface area is 198 Å². The number of oxime groups is 1. The maximum Gasteiger partial charge on any atom is 0.437 e. The van der Waals surface area contributed by atoms with E-state index < -0.39 is 41.3 Å². The molecule has 0 radical (unpaired) electrons. The average molecular weight is 534 g/mol. The van der Waals surface area contributed by atoms with Crippen LogP contribution in [0.1, 0.15) is 27.0 Å². The molecule has 4 nitrogen and oxygen atoms in total. The number of hydrogen-bond acceptors (Lipinski definition) is 3. The lowest BCUT2D eigenvalue weighted by atomic mass is 9.85. The molecule has 2 atom stereocenters. The van der Waals surface area contributed by atoms with Gasteiger partial charge < -0.3 is 10.2 Å². The highest BCUT2D eigenvalue weighted by Gasteiger charge is 2.68. The van der Waals surface area contributed by atoms with Crippen LogP contribution in [-0.4, -0.2) is 35.9 Å². The fourth-order valence-corrected chi connectivity index (χ4v) is 4.27. The molecular weight excluding hydrogens is 521 g/mol. The van der Waals surface area contributed by atoms with E-state index in [1.54, 1.807) is 5.32 Å². The number of carbonyl (C=O) groups is 1. The van der Waals surface area contributed by atoms with Crippen LogP contribution in [-0.2, 0) is 10.4 Å². The van der Waals surface area contributed by atoms with Gasteiger partial charge >= 0.3 is 12.4 Å². The molecule has 0 spiro atoms. The highest BCUT2D eigenvalue weighted by molar-refractivity contribution is 6.37. The summed E-state index contributed by atoms with van der Waals surface area (Å²) in [6.45, 7) is -0.132. The van der Waals surface area contributed by atoms with Gasteiger partial charge in [-0.1, -0.05) is 34.4 Å². The Kier molecular flexibility index (Phi) is 6.85. The molecule has 1 aliphatic rings. The van der Waals surface area contributed by atoms with Crippen molar-refractivity contribution >= 4 is 46.4 Å². The third-order valence-electron chi connectivity index (χ3n) is 4.81. The summed E-state index contributed by atoms with van der Waals surface area (Å²) in [6.07, 6.45) is -9.64. The van der Waals surface area contributed by atoms with Crippen LogP contribution in [0.2, 0.25) is 10.0 Å². The molecule has 1 N–H and O–H groups in total. The van der Waals surface area contributed by atoms with Crippen LogP contribution in [0.4, 0.5) is 26.3 Å². The normalized spacial score (nSPS) is 20.9. The van der Waals surface area contributed by atoms with E-state index in [1.807, 2.05) is 0 Å². The first kappa shape index (κ1) is 25.5. The molecule has 0 saturated carbocycles. The van der Waals surface area contributed by atoms with Crippen molar-refractivity contribution in [2.24, 2.45) is 5.16 Å². The Morgan fingerprint density at radius 1 is 1.09 bits per heavy atom. The van der Waals surface area contributed by atoms with Gasteiger partial charge in [0.05, 0.1) is 0 Å². The Bertz CT molecular complexity index is 1100. The van der Waals surface area contributed by atoms with Crippen molar-refractivity contribution in [1.29, 1.82) is 0 Å². The Hall–Kier alpha value is -2.17. The predicted octanol–water partition coefficient (Wildman–Crippen LogP) is 6.39. The van der Waals surface area contributed by atoms with Gasteiger partial charge in [0.25, 0.3) is 11.5 Å². The van der Waals surface area contributed by atoms with Crippen LogP contribution in [0.25, 0.3) is 0 Å². The number of benzene rings is 2. The lowest BCUT2D eigenvalue weighted by Gasteiger charge is -2.32. The van der Waals surface area contributed by atoms with Crippen LogP contribution < -0.4 is 5.32 Å². The zero-order chi connectivity index (χ0) is 24.8. The number of rotatable bonds is 4. The molecule has 178 valence electrons. The molecule has 2 aromatic carbocycles. The van der Waals surface area contributed by atoms with Gasteiger partial charge in [-0.2, -0.15) is 26.3 Å². The summed E-state index contributed by atoms with van der Waals surface area (Å²) in [5.41, 5.74) is -3.69. The first-order valence-corrected chi connectivity index (χ1v) is 10.2. The molecule has 0 fully saturated rings.